The summed E-state index contributed by atoms with van der Waals surface area (Å²) in [6, 6.07) is 2.00. The van der Waals surface area contributed by atoms with E-state index < -0.39 is 0 Å². The van der Waals surface area contributed by atoms with Crippen molar-refractivity contribution in [2.45, 2.75) is 33.6 Å². The standard InChI is InChI=1S/C18H26N4OS/c1-4-19-12-15-5-8-21(9-6-15)17(23)16-11-13(2)22(14(16)3)18-20-7-10-24-18/h7,10-11,15,19H,4-6,8-9,12H2,1-3H3. The van der Waals surface area contributed by atoms with Crippen LogP contribution in [0.1, 0.15) is 41.5 Å². The van der Waals surface area contributed by atoms with Crippen LogP contribution in [0.15, 0.2) is 17.6 Å². The number of hydrogen-bond acceptors (Lipinski definition) is 4. The molecule has 0 spiro atoms. The van der Waals surface area contributed by atoms with Gasteiger partial charge in [0.25, 0.3) is 5.91 Å². The van der Waals surface area contributed by atoms with Crippen LogP contribution in [0.5, 0.6) is 0 Å². The molecule has 24 heavy (non-hydrogen) atoms. The fraction of sp³-hybridized carbons (Fsp3) is 0.556. The number of aryl methyl sites for hydroxylation is 1. The van der Waals surface area contributed by atoms with Gasteiger partial charge in [-0.25, -0.2) is 4.98 Å². The topological polar surface area (TPSA) is 50.2 Å². The number of likely N-dealkylation sites (tertiary alicyclic amines) is 1. The molecule has 0 radical (unpaired) electrons. The van der Waals surface area contributed by atoms with Gasteiger partial charge >= 0.3 is 0 Å². The van der Waals surface area contributed by atoms with E-state index in [1.165, 1.54) is 0 Å². The minimum atomic E-state index is 0.160. The Labute approximate surface area is 147 Å². The van der Waals surface area contributed by atoms with Crippen LogP contribution in [0.4, 0.5) is 0 Å². The smallest absolute Gasteiger partial charge is 0.255 e. The van der Waals surface area contributed by atoms with Gasteiger partial charge in [0.2, 0.25) is 0 Å². The van der Waals surface area contributed by atoms with Crippen molar-refractivity contribution in [3.8, 4) is 5.13 Å². The molecular formula is C18H26N4OS. The van der Waals surface area contributed by atoms with Crippen molar-refractivity contribution in [3.05, 3.63) is 34.6 Å². The van der Waals surface area contributed by atoms with Crippen LogP contribution in [0, 0.1) is 19.8 Å². The lowest BCUT2D eigenvalue weighted by atomic mass is 9.96. The average molecular weight is 347 g/mol. The first-order valence-electron chi connectivity index (χ1n) is 8.70. The lowest BCUT2D eigenvalue weighted by Gasteiger charge is -2.32. The maximum atomic E-state index is 13.0. The largest absolute Gasteiger partial charge is 0.339 e. The molecule has 0 unspecified atom stereocenters. The molecule has 1 amide bonds. The van der Waals surface area contributed by atoms with Gasteiger partial charge in [0, 0.05) is 36.1 Å². The summed E-state index contributed by atoms with van der Waals surface area (Å²) in [5, 5.41) is 6.30. The van der Waals surface area contributed by atoms with Gasteiger partial charge in [-0.15, -0.1) is 11.3 Å². The quantitative estimate of drug-likeness (QED) is 0.905. The Kier molecular flexibility index (Phi) is 5.36. The van der Waals surface area contributed by atoms with Crippen molar-refractivity contribution < 1.29 is 4.79 Å². The third-order valence-corrected chi connectivity index (χ3v) is 5.61. The van der Waals surface area contributed by atoms with E-state index in [0.717, 1.165) is 61.1 Å². The van der Waals surface area contributed by atoms with E-state index in [1.54, 1.807) is 17.5 Å². The molecule has 1 N–H and O–H groups in total. The Bertz CT molecular complexity index is 684. The second kappa shape index (κ2) is 7.49. The number of amides is 1. The molecule has 2 aromatic heterocycles. The van der Waals surface area contributed by atoms with Crippen molar-refractivity contribution in [2.24, 2.45) is 5.92 Å². The molecule has 130 valence electrons. The summed E-state index contributed by atoms with van der Waals surface area (Å²) in [4.78, 5) is 19.3. The predicted molar refractivity (Wildman–Crippen MR) is 98.1 cm³/mol. The van der Waals surface area contributed by atoms with Crippen molar-refractivity contribution in [2.75, 3.05) is 26.2 Å². The second-order valence-electron chi connectivity index (χ2n) is 6.48. The van der Waals surface area contributed by atoms with Crippen LogP contribution in [-0.2, 0) is 0 Å². The highest BCUT2D eigenvalue weighted by Gasteiger charge is 2.26. The zero-order valence-electron chi connectivity index (χ0n) is 14.7. The Morgan fingerprint density at radius 2 is 2.12 bits per heavy atom. The minimum absolute atomic E-state index is 0.160. The number of rotatable bonds is 5. The maximum absolute atomic E-state index is 13.0. The predicted octanol–water partition coefficient (Wildman–Crippen LogP) is 3.01. The van der Waals surface area contributed by atoms with Crippen LogP contribution in [0.2, 0.25) is 0 Å². The third-order valence-electron chi connectivity index (χ3n) is 4.86. The molecule has 1 aliphatic rings. The molecule has 2 aromatic rings. The Hall–Kier alpha value is -1.66. The van der Waals surface area contributed by atoms with Gasteiger partial charge in [-0.3, -0.25) is 9.36 Å². The summed E-state index contributed by atoms with van der Waals surface area (Å²) in [6.07, 6.45) is 3.98. The van der Waals surface area contributed by atoms with E-state index >= 15 is 0 Å². The molecule has 1 fully saturated rings. The Morgan fingerprint density at radius 1 is 1.38 bits per heavy atom. The SMILES string of the molecule is CCNCC1CCN(C(=O)c2cc(C)n(-c3nccs3)c2C)CC1. The number of nitrogens with one attached hydrogen (secondary N) is 1. The van der Waals surface area contributed by atoms with Gasteiger partial charge < -0.3 is 10.2 Å². The zero-order chi connectivity index (χ0) is 17.1. The highest BCUT2D eigenvalue weighted by Crippen LogP contribution is 2.25. The lowest BCUT2D eigenvalue weighted by Crippen LogP contribution is -2.40. The van der Waals surface area contributed by atoms with E-state index in [1.807, 2.05) is 30.2 Å². The molecular weight excluding hydrogens is 320 g/mol. The molecule has 3 rings (SSSR count). The first kappa shape index (κ1) is 17.2. The number of carbonyl (C=O) groups is 1. The highest BCUT2D eigenvalue weighted by atomic mass is 32.1. The third kappa shape index (κ3) is 3.39. The number of aromatic nitrogens is 2. The van der Waals surface area contributed by atoms with Gasteiger partial charge in [-0.1, -0.05) is 6.92 Å². The Morgan fingerprint density at radius 3 is 2.75 bits per heavy atom. The molecule has 5 nitrogen and oxygen atoms in total. The van der Waals surface area contributed by atoms with Crippen LogP contribution in [0.3, 0.4) is 0 Å². The van der Waals surface area contributed by atoms with E-state index in [2.05, 4.69) is 21.8 Å². The molecule has 0 aromatic carbocycles. The molecule has 1 saturated heterocycles. The van der Waals surface area contributed by atoms with Crippen LogP contribution in [0.25, 0.3) is 5.13 Å². The van der Waals surface area contributed by atoms with Gasteiger partial charge in [-0.05, 0) is 51.8 Å². The van der Waals surface area contributed by atoms with Crippen molar-refractivity contribution >= 4 is 17.2 Å². The number of hydrogen-bond donors (Lipinski definition) is 1. The summed E-state index contributed by atoms with van der Waals surface area (Å²) in [7, 11) is 0. The van der Waals surface area contributed by atoms with Crippen molar-refractivity contribution in [3.63, 3.8) is 0 Å². The van der Waals surface area contributed by atoms with E-state index in [9.17, 15) is 4.79 Å². The van der Waals surface area contributed by atoms with E-state index in [4.69, 9.17) is 0 Å². The van der Waals surface area contributed by atoms with Crippen molar-refractivity contribution in [1.82, 2.24) is 19.8 Å². The second-order valence-corrected chi connectivity index (χ2v) is 7.35. The summed E-state index contributed by atoms with van der Waals surface area (Å²) in [5.74, 6) is 0.851. The van der Waals surface area contributed by atoms with Gasteiger partial charge in [-0.2, -0.15) is 0 Å². The molecule has 0 atom stereocenters. The zero-order valence-corrected chi connectivity index (χ0v) is 15.5. The fourth-order valence-electron chi connectivity index (χ4n) is 3.46. The minimum Gasteiger partial charge on any atom is -0.339 e. The normalized spacial score (nSPS) is 15.9. The fourth-order valence-corrected chi connectivity index (χ4v) is 4.21. The van der Waals surface area contributed by atoms with Crippen molar-refractivity contribution in [1.29, 1.82) is 0 Å². The summed E-state index contributed by atoms with van der Waals surface area (Å²) in [5.41, 5.74) is 2.86. The highest BCUT2D eigenvalue weighted by molar-refractivity contribution is 7.12. The molecule has 1 aliphatic heterocycles. The number of carbonyl (C=O) groups excluding carboxylic acids is 1. The molecule has 0 saturated carbocycles. The van der Waals surface area contributed by atoms with Gasteiger partial charge in [0.15, 0.2) is 5.13 Å². The Balaban J connectivity index is 1.72. The summed E-state index contributed by atoms with van der Waals surface area (Å²) >= 11 is 1.59. The molecule has 0 aliphatic carbocycles. The van der Waals surface area contributed by atoms with E-state index in [0.29, 0.717) is 5.92 Å². The maximum Gasteiger partial charge on any atom is 0.255 e. The molecule has 3 heterocycles. The van der Waals surface area contributed by atoms with Crippen LogP contribution in [-0.4, -0.2) is 46.5 Å². The first-order chi connectivity index (χ1) is 11.6. The van der Waals surface area contributed by atoms with Crippen LogP contribution < -0.4 is 5.32 Å². The lowest BCUT2D eigenvalue weighted by molar-refractivity contribution is 0.0689. The van der Waals surface area contributed by atoms with Gasteiger partial charge in [0.05, 0.1) is 5.56 Å². The van der Waals surface area contributed by atoms with E-state index in [-0.39, 0.29) is 5.91 Å². The number of thiazole rings is 1. The first-order valence-corrected chi connectivity index (χ1v) is 9.58. The van der Waals surface area contributed by atoms with Gasteiger partial charge in [0.1, 0.15) is 0 Å². The summed E-state index contributed by atoms with van der Waals surface area (Å²) in [6.45, 7) is 9.98. The van der Waals surface area contributed by atoms with Crippen LogP contribution >= 0.6 is 11.3 Å². The number of piperidine rings is 1. The molecule has 6 heteroatoms. The molecule has 0 bridgehead atoms. The monoisotopic (exact) mass is 346 g/mol. The average Bonchev–Trinajstić information content (AvgIpc) is 3.20. The number of nitrogens with zero attached hydrogens (tertiary/aromatic N) is 3. The summed E-state index contributed by atoms with van der Waals surface area (Å²) < 4.78 is 2.08.